The zero-order valence-electron chi connectivity index (χ0n) is 11.2. The molecule has 2 rings (SSSR count). The SMILES string of the molecule is CC1CNCC(CO)N(C2CCCCCC2)C1. The van der Waals surface area contributed by atoms with Gasteiger partial charge >= 0.3 is 0 Å². The monoisotopic (exact) mass is 240 g/mol. The van der Waals surface area contributed by atoms with E-state index in [1.54, 1.807) is 0 Å². The number of nitrogens with zero attached hydrogens (tertiary/aromatic N) is 1. The Morgan fingerprint density at radius 2 is 1.82 bits per heavy atom. The van der Waals surface area contributed by atoms with Crippen LogP contribution in [0.25, 0.3) is 0 Å². The molecule has 0 aromatic rings. The van der Waals surface area contributed by atoms with Gasteiger partial charge in [-0.05, 0) is 25.3 Å². The molecule has 1 aliphatic heterocycles. The summed E-state index contributed by atoms with van der Waals surface area (Å²) in [6, 6.07) is 1.06. The highest BCUT2D eigenvalue weighted by atomic mass is 16.3. The van der Waals surface area contributed by atoms with Gasteiger partial charge in [0, 0.05) is 25.2 Å². The van der Waals surface area contributed by atoms with E-state index in [0.29, 0.717) is 18.6 Å². The van der Waals surface area contributed by atoms with Crippen molar-refractivity contribution in [2.75, 3.05) is 26.2 Å². The number of nitrogens with one attached hydrogen (secondary N) is 1. The Kier molecular flexibility index (Phi) is 5.26. The van der Waals surface area contributed by atoms with E-state index in [1.165, 1.54) is 38.5 Å². The molecule has 2 fully saturated rings. The molecule has 0 aromatic heterocycles. The zero-order chi connectivity index (χ0) is 12.1. The first-order chi connectivity index (χ1) is 8.31. The van der Waals surface area contributed by atoms with Crippen molar-refractivity contribution < 1.29 is 5.11 Å². The third-order valence-electron chi connectivity index (χ3n) is 4.37. The summed E-state index contributed by atoms with van der Waals surface area (Å²) in [6.45, 7) is 5.83. The molecular weight excluding hydrogens is 212 g/mol. The molecule has 1 saturated heterocycles. The van der Waals surface area contributed by atoms with Gasteiger partial charge in [-0.1, -0.05) is 32.6 Å². The van der Waals surface area contributed by atoms with Gasteiger partial charge in [0.2, 0.25) is 0 Å². The maximum Gasteiger partial charge on any atom is 0.0599 e. The fraction of sp³-hybridized carbons (Fsp3) is 1.00. The van der Waals surface area contributed by atoms with Crippen molar-refractivity contribution in [1.29, 1.82) is 0 Å². The van der Waals surface area contributed by atoms with Gasteiger partial charge in [0.25, 0.3) is 0 Å². The van der Waals surface area contributed by atoms with Crippen molar-refractivity contribution in [3.05, 3.63) is 0 Å². The third kappa shape index (κ3) is 3.67. The number of aliphatic hydroxyl groups excluding tert-OH is 1. The fourth-order valence-corrected chi connectivity index (χ4v) is 3.39. The Hall–Kier alpha value is -0.120. The Balaban J connectivity index is 2.01. The lowest BCUT2D eigenvalue weighted by Gasteiger charge is -2.36. The number of hydrogen-bond donors (Lipinski definition) is 2. The Bertz CT molecular complexity index is 214. The van der Waals surface area contributed by atoms with Crippen LogP contribution in [0.1, 0.15) is 45.4 Å². The summed E-state index contributed by atoms with van der Waals surface area (Å²) >= 11 is 0. The van der Waals surface area contributed by atoms with Crippen LogP contribution in [0.3, 0.4) is 0 Å². The van der Waals surface area contributed by atoms with Gasteiger partial charge in [-0.15, -0.1) is 0 Å². The lowest BCUT2D eigenvalue weighted by Crippen LogP contribution is -2.48. The highest BCUT2D eigenvalue weighted by molar-refractivity contribution is 4.86. The van der Waals surface area contributed by atoms with E-state index in [0.717, 1.165) is 25.7 Å². The van der Waals surface area contributed by atoms with Crippen molar-refractivity contribution in [2.45, 2.75) is 57.5 Å². The van der Waals surface area contributed by atoms with Crippen LogP contribution < -0.4 is 5.32 Å². The van der Waals surface area contributed by atoms with Crippen LogP contribution in [0.4, 0.5) is 0 Å². The molecule has 1 saturated carbocycles. The van der Waals surface area contributed by atoms with Gasteiger partial charge in [0.1, 0.15) is 0 Å². The van der Waals surface area contributed by atoms with Gasteiger partial charge in [0.15, 0.2) is 0 Å². The van der Waals surface area contributed by atoms with Crippen LogP contribution >= 0.6 is 0 Å². The maximum atomic E-state index is 9.59. The Morgan fingerprint density at radius 1 is 1.12 bits per heavy atom. The number of aliphatic hydroxyl groups is 1. The topological polar surface area (TPSA) is 35.5 Å². The van der Waals surface area contributed by atoms with Crippen LogP contribution in [-0.4, -0.2) is 48.3 Å². The van der Waals surface area contributed by atoms with E-state index in [4.69, 9.17) is 0 Å². The van der Waals surface area contributed by atoms with Crippen LogP contribution in [-0.2, 0) is 0 Å². The molecular formula is C14H28N2O. The average Bonchev–Trinajstić information content (AvgIpc) is 2.68. The predicted molar refractivity (Wildman–Crippen MR) is 71.1 cm³/mol. The van der Waals surface area contributed by atoms with Crippen LogP contribution in [0.5, 0.6) is 0 Å². The summed E-state index contributed by atoms with van der Waals surface area (Å²) in [6.07, 6.45) is 8.23. The molecule has 0 amide bonds. The summed E-state index contributed by atoms with van der Waals surface area (Å²) in [5.74, 6) is 0.704. The van der Waals surface area contributed by atoms with Gasteiger partial charge in [0.05, 0.1) is 6.61 Å². The standard InChI is InChI=1S/C14H28N2O/c1-12-8-15-9-14(11-17)16(10-12)13-6-4-2-3-5-7-13/h12-15,17H,2-11H2,1H3. The molecule has 1 heterocycles. The van der Waals surface area contributed by atoms with E-state index >= 15 is 0 Å². The van der Waals surface area contributed by atoms with E-state index in [1.807, 2.05) is 0 Å². The predicted octanol–water partition coefficient (Wildman–Crippen LogP) is 1.61. The molecule has 0 radical (unpaired) electrons. The molecule has 3 nitrogen and oxygen atoms in total. The number of rotatable bonds is 2. The lowest BCUT2D eigenvalue weighted by molar-refractivity contribution is 0.0757. The largest absolute Gasteiger partial charge is 0.395 e. The molecule has 17 heavy (non-hydrogen) atoms. The summed E-state index contributed by atoms with van der Waals surface area (Å²) < 4.78 is 0. The van der Waals surface area contributed by atoms with Gasteiger partial charge in [-0.25, -0.2) is 0 Å². The molecule has 1 aliphatic carbocycles. The summed E-state index contributed by atoms with van der Waals surface area (Å²) in [7, 11) is 0. The maximum absolute atomic E-state index is 9.59. The van der Waals surface area contributed by atoms with Crippen molar-refractivity contribution in [1.82, 2.24) is 10.2 Å². The minimum absolute atomic E-state index is 0.302. The van der Waals surface area contributed by atoms with E-state index in [9.17, 15) is 5.11 Å². The van der Waals surface area contributed by atoms with Gasteiger partial charge in [-0.2, -0.15) is 0 Å². The normalized spacial score (nSPS) is 34.2. The van der Waals surface area contributed by atoms with E-state index < -0.39 is 0 Å². The van der Waals surface area contributed by atoms with E-state index in [2.05, 4.69) is 17.1 Å². The first-order valence-electron chi connectivity index (χ1n) is 7.38. The summed E-state index contributed by atoms with van der Waals surface area (Å²) in [5, 5.41) is 13.1. The van der Waals surface area contributed by atoms with Crippen LogP contribution in [0, 0.1) is 5.92 Å². The van der Waals surface area contributed by atoms with Crippen molar-refractivity contribution >= 4 is 0 Å². The molecule has 3 heteroatoms. The van der Waals surface area contributed by atoms with E-state index in [-0.39, 0.29) is 0 Å². The van der Waals surface area contributed by atoms with Crippen LogP contribution in [0.15, 0.2) is 0 Å². The first-order valence-corrected chi connectivity index (χ1v) is 7.38. The quantitative estimate of drug-likeness (QED) is 0.720. The molecule has 0 spiro atoms. The average molecular weight is 240 g/mol. The molecule has 100 valence electrons. The van der Waals surface area contributed by atoms with Crippen molar-refractivity contribution in [3.63, 3.8) is 0 Å². The molecule has 2 aliphatic rings. The first kappa shape index (κ1) is 13.3. The molecule has 2 N–H and O–H groups in total. The second kappa shape index (κ2) is 6.72. The fourth-order valence-electron chi connectivity index (χ4n) is 3.39. The van der Waals surface area contributed by atoms with Gasteiger partial charge in [-0.3, -0.25) is 4.90 Å². The summed E-state index contributed by atoms with van der Waals surface area (Å²) in [4.78, 5) is 2.61. The molecule has 0 aromatic carbocycles. The van der Waals surface area contributed by atoms with Crippen molar-refractivity contribution in [2.24, 2.45) is 5.92 Å². The molecule has 2 unspecified atom stereocenters. The Labute approximate surface area is 106 Å². The second-order valence-electron chi connectivity index (χ2n) is 5.94. The highest BCUT2D eigenvalue weighted by Gasteiger charge is 2.29. The number of hydrogen-bond acceptors (Lipinski definition) is 3. The van der Waals surface area contributed by atoms with Gasteiger partial charge < -0.3 is 10.4 Å². The highest BCUT2D eigenvalue weighted by Crippen LogP contribution is 2.25. The van der Waals surface area contributed by atoms with Crippen molar-refractivity contribution in [3.8, 4) is 0 Å². The zero-order valence-corrected chi connectivity index (χ0v) is 11.2. The third-order valence-corrected chi connectivity index (χ3v) is 4.37. The smallest absolute Gasteiger partial charge is 0.0599 e. The Morgan fingerprint density at radius 3 is 2.47 bits per heavy atom. The lowest BCUT2D eigenvalue weighted by atomic mass is 10.0. The summed E-state index contributed by atoms with van der Waals surface area (Å²) in [5.41, 5.74) is 0. The minimum Gasteiger partial charge on any atom is -0.395 e. The minimum atomic E-state index is 0.302. The molecule has 0 bridgehead atoms. The molecule has 2 atom stereocenters. The second-order valence-corrected chi connectivity index (χ2v) is 5.94. The van der Waals surface area contributed by atoms with Crippen LogP contribution in [0.2, 0.25) is 0 Å².